The molecule has 0 unspecified atom stereocenters. The SMILES string of the molecule is COCCONC(=O)c1c(C)c(C)nn(C)c1=O. The second-order valence-electron chi connectivity index (χ2n) is 3.79. The number of aryl methyl sites for hydroxylation is 2. The monoisotopic (exact) mass is 255 g/mol. The molecule has 0 atom stereocenters. The molecule has 0 fully saturated rings. The number of aromatic nitrogens is 2. The van der Waals surface area contributed by atoms with Gasteiger partial charge in [-0.25, -0.2) is 10.2 Å². The highest BCUT2D eigenvalue weighted by atomic mass is 16.7. The Morgan fingerprint density at radius 2 is 2.06 bits per heavy atom. The molecule has 7 nitrogen and oxygen atoms in total. The standard InChI is InChI=1S/C11H17N3O4/c1-7-8(2)12-14(3)11(16)9(7)10(15)13-18-6-5-17-4/h5-6H2,1-4H3,(H,13,15). The van der Waals surface area contributed by atoms with Gasteiger partial charge in [-0.2, -0.15) is 5.10 Å². The molecule has 1 rings (SSSR count). The molecule has 18 heavy (non-hydrogen) atoms. The van der Waals surface area contributed by atoms with Gasteiger partial charge in [-0.3, -0.25) is 14.4 Å². The fraction of sp³-hybridized carbons (Fsp3) is 0.545. The molecule has 0 aliphatic rings. The Morgan fingerprint density at radius 1 is 1.39 bits per heavy atom. The number of carbonyl (C=O) groups is 1. The number of rotatable bonds is 5. The van der Waals surface area contributed by atoms with Crippen LogP contribution in [0.2, 0.25) is 0 Å². The first-order valence-corrected chi connectivity index (χ1v) is 5.44. The predicted molar refractivity (Wildman–Crippen MR) is 64.2 cm³/mol. The molecule has 0 aromatic carbocycles. The van der Waals surface area contributed by atoms with Crippen molar-refractivity contribution < 1.29 is 14.4 Å². The third-order valence-electron chi connectivity index (χ3n) is 2.51. The number of ether oxygens (including phenoxy) is 1. The molecule has 0 aliphatic heterocycles. The fourth-order valence-corrected chi connectivity index (χ4v) is 1.41. The number of amides is 1. The summed E-state index contributed by atoms with van der Waals surface area (Å²) in [5.74, 6) is -0.574. The summed E-state index contributed by atoms with van der Waals surface area (Å²) in [5, 5.41) is 3.99. The van der Waals surface area contributed by atoms with Crippen molar-refractivity contribution in [3.8, 4) is 0 Å². The van der Waals surface area contributed by atoms with Crippen molar-refractivity contribution in [2.45, 2.75) is 13.8 Å². The smallest absolute Gasteiger partial charge is 0.280 e. The maximum Gasteiger partial charge on any atom is 0.280 e. The Balaban J connectivity index is 2.89. The number of hydroxylamine groups is 1. The van der Waals surface area contributed by atoms with Gasteiger partial charge in [0.25, 0.3) is 11.5 Å². The lowest BCUT2D eigenvalue weighted by atomic mass is 10.1. The summed E-state index contributed by atoms with van der Waals surface area (Å²) >= 11 is 0. The zero-order valence-corrected chi connectivity index (χ0v) is 10.9. The average Bonchev–Trinajstić information content (AvgIpc) is 2.32. The van der Waals surface area contributed by atoms with Gasteiger partial charge in [-0.1, -0.05) is 0 Å². The van der Waals surface area contributed by atoms with Gasteiger partial charge in [-0.05, 0) is 19.4 Å². The Kier molecular flexibility index (Phi) is 4.99. The molecular weight excluding hydrogens is 238 g/mol. The zero-order valence-electron chi connectivity index (χ0n) is 10.9. The van der Waals surface area contributed by atoms with E-state index in [9.17, 15) is 9.59 Å². The molecule has 1 amide bonds. The minimum absolute atomic E-state index is 0.0439. The Hall–Kier alpha value is -1.73. The van der Waals surface area contributed by atoms with Gasteiger partial charge in [0.15, 0.2) is 0 Å². The Bertz CT molecular complexity index is 496. The van der Waals surface area contributed by atoms with Crippen LogP contribution in [0.4, 0.5) is 0 Å². The molecule has 0 aliphatic carbocycles. The van der Waals surface area contributed by atoms with Gasteiger partial charge < -0.3 is 4.74 Å². The van der Waals surface area contributed by atoms with Crippen molar-refractivity contribution in [2.75, 3.05) is 20.3 Å². The largest absolute Gasteiger partial charge is 0.382 e. The lowest BCUT2D eigenvalue weighted by Crippen LogP contribution is -2.35. The number of nitrogens with zero attached hydrogens (tertiary/aromatic N) is 2. The molecule has 1 heterocycles. The van der Waals surface area contributed by atoms with Gasteiger partial charge in [-0.15, -0.1) is 0 Å². The molecule has 100 valence electrons. The van der Waals surface area contributed by atoms with E-state index >= 15 is 0 Å². The number of carbonyl (C=O) groups excluding carboxylic acids is 1. The van der Waals surface area contributed by atoms with Gasteiger partial charge in [0.2, 0.25) is 0 Å². The van der Waals surface area contributed by atoms with E-state index in [-0.39, 0.29) is 12.2 Å². The van der Waals surface area contributed by atoms with Crippen LogP contribution in [0.25, 0.3) is 0 Å². The van der Waals surface area contributed by atoms with E-state index in [0.29, 0.717) is 17.9 Å². The third kappa shape index (κ3) is 3.14. The summed E-state index contributed by atoms with van der Waals surface area (Å²) < 4.78 is 5.89. The highest BCUT2D eigenvalue weighted by Gasteiger charge is 2.17. The van der Waals surface area contributed by atoms with E-state index in [1.165, 1.54) is 14.2 Å². The molecule has 0 saturated carbocycles. The molecule has 1 aromatic rings. The van der Waals surface area contributed by atoms with Crippen molar-refractivity contribution in [1.29, 1.82) is 0 Å². The van der Waals surface area contributed by atoms with Gasteiger partial charge in [0.05, 0.1) is 18.9 Å². The van der Waals surface area contributed by atoms with Crippen LogP contribution in [-0.2, 0) is 16.6 Å². The number of nitrogens with one attached hydrogen (secondary N) is 1. The Labute approximate surface area is 105 Å². The van der Waals surface area contributed by atoms with Gasteiger partial charge >= 0.3 is 0 Å². The van der Waals surface area contributed by atoms with E-state index in [1.54, 1.807) is 13.8 Å². The Morgan fingerprint density at radius 3 is 2.67 bits per heavy atom. The first-order chi connectivity index (χ1) is 8.49. The molecule has 1 N–H and O–H groups in total. The van der Waals surface area contributed by atoms with Gasteiger partial charge in [0, 0.05) is 14.2 Å². The maximum atomic E-state index is 11.8. The normalized spacial score (nSPS) is 10.4. The lowest BCUT2D eigenvalue weighted by molar-refractivity contribution is 0.00869. The first kappa shape index (κ1) is 14.3. The van der Waals surface area contributed by atoms with Crippen molar-refractivity contribution in [3.05, 3.63) is 27.2 Å². The van der Waals surface area contributed by atoms with Gasteiger partial charge in [0.1, 0.15) is 5.56 Å². The van der Waals surface area contributed by atoms with Crippen LogP contribution in [0.15, 0.2) is 4.79 Å². The van der Waals surface area contributed by atoms with Crippen molar-refractivity contribution in [2.24, 2.45) is 7.05 Å². The molecule has 0 spiro atoms. The minimum atomic E-state index is -0.574. The van der Waals surface area contributed by atoms with Crippen molar-refractivity contribution in [3.63, 3.8) is 0 Å². The van der Waals surface area contributed by atoms with Crippen LogP contribution in [-0.4, -0.2) is 36.0 Å². The van der Waals surface area contributed by atoms with Crippen LogP contribution in [0.1, 0.15) is 21.6 Å². The molecule has 0 bridgehead atoms. The summed E-state index contributed by atoms with van der Waals surface area (Å²) in [4.78, 5) is 28.6. The topological polar surface area (TPSA) is 82.4 Å². The fourth-order valence-electron chi connectivity index (χ4n) is 1.41. The molecule has 7 heteroatoms. The van der Waals surface area contributed by atoms with E-state index in [2.05, 4.69) is 10.6 Å². The van der Waals surface area contributed by atoms with Crippen LogP contribution < -0.4 is 11.0 Å². The number of hydrogen-bond donors (Lipinski definition) is 1. The zero-order chi connectivity index (χ0) is 13.7. The second kappa shape index (κ2) is 6.27. The first-order valence-electron chi connectivity index (χ1n) is 5.44. The predicted octanol–water partition coefficient (Wildman–Crippen LogP) is -0.295. The maximum absolute atomic E-state index is 11.8. The molecule has 0 radical (unpaired) electrons. The van der Waals surface area contributed by atoms with Crippen molar-refractivity contribution >= 4 is 5.91 Å². The van der Waals surface area contributed by atoms with Crippen LogP contribution in [0.3, 0.4) is 0 Å². The number of methoxy groups -OCH3 is 1. The quantitative estimate of drug-likeness (QED) is 0.577. The second-order valence-corrected chi connectivity index (χ2v) is 3.79. The van der Waals surface area contributed by atoms with Crippen LogP contribution in [0.5, 0.6) is 0 Å². The van der Waals surface area contributed by atoms with E-state index in [4.69, 9.17) is 9.57 Å². The summed E-state index contributed by atoms with van der Waals surface area (Å²) in [6, 6.07) is 0. The summed E-state index contributed by atoms with van der Waals surface area (Å²) in [5.41, 5.74) is 2.97. The highest BCUT2D eigenvalue weighted by molar-refractivity contribution is 5.94. The average molecular weight is 255 g/mol. The van der Waals surface area contributed by atoms with E-state index in [1.807, 2.05) is 0 Å². The summed E-state index contributed by atoms with van der Waals surface area (Å²) in [7, 11) is 3.02. The lowest BCUT2D eigenvalue weighted by Gasteiger charge is -2.10. The summed E-state index contributed by atoms with van der Waals surface area (Å²) in [6.45, 7) is 3.98. The van der Waals surface area contributed by atoms with Crippen LogP contribution >= 0.6 is 0 Å². The minimum Gasteiger partial charge on any atom is -0.382 e. The molecule has 0 saturated heterocycles. The molecular formula is C11H17N3O4. The number of hydrogen-bond acceptors (Lipinski definition) is 5. The van der Waals surface area contributed by atoms with Crippen molar-refractivity contribution in [1.82, 2.24) is 15.3 Å². The molecule has 1 aromatic heterocycles. The van der Waals surface area contributed by atoms with E-state index in [0.717, 1.165) is 4.68 Å². The van der Waals surface area contributed by atoms with E-state index < -0.39 is 11.5 Å². The van der Waals surface area contributed by atoms with Crippen LogP contribution in [0, 0.1) is 13.8 Å². The third-order valence-corrected chi connectivity index (χ3v) is 2.51. The summed E-state index contributed by atoms with van der Waals surface area (Å²) in [6.07, 6.45) is 0. The highest BCUT2D eigenvalue weighted by Crippen LogP contribution is 2.05.